The van der Waals surface area contributed by atoms with Gasteiger partial charge in [-0.2, -0.15) is 0 Å². The lowest BCUT2D eigenvalue weighted by atomic mass is 9.97. The molecule has 0 aliphatic heterocycles. The Morgan fingerprint density at radius 2 is 1.11 bits per heavy atom. The normalized spacial score (nSPS) is 16.8. The minimum absolute atomic E-state index is 0.0855. The second-order valence-corrected chi connectivity index (χ2v) is 4.62. The van der Waals surface area contributed by atoms with Gasteiger partial charge in [-0.3, -0.25) is 9.59 Å². The molecule has 0 fully saturated rings. The second kappa shape index (κ2) is 3.83. The zero-order valence-electron chi connectivity index (χ0n) is 10.5. The van der Waals surface area contributed by atoms with Gasteiger partial charge in [0.25, 0.3) is 0 Å². The molecule has 0 saturated heterocycles. The molecule has 2 aliphatic rings. The first-order valence-electron chi connectivity index (χ1n) is 6.05. The number of Topliss-reactive ketones (excluding diaryl/α,β-unsaturated/α-hetero) is 2. The van der Waals surface area contributed by atoms with Crippen LogP contribution < -0.4 is 9.47 Å². The molecule has 0 saturated carbocycles. The SMILES string of the molecule is COc1c(OC)c2c(c3c1C(=O)CC3)CCC2=O. The predicted molar refractivity (Wildman–Crippen MR) is 64.8 cm³/mol. The minimum Gasteiger partial charge on any atom is -0.492 e. The molecule has 0 bridgehead atoms. The lowest BCUT2D eigenvalue weighted by Crippen LogP contribution is -2.06. The van der Waals surface area contributed by atoms with Crippen LogP contribution in [0.3, 0.4) is 0 Å². The summed E-state index contributed by atoms with van der Waals surface area (Å²) in [7, 11) is 3.02. The molecule has 1 aromatic carbocycles. The van der Waals surface area contributed by atoms with Crippen LogP contribution in [0.15, 0.2) is 0 Å². The number of ketones is 2. The van der Waals surface area contributed by atoms with Gasteiger partial charge in [0.05, 0.1) is 25.3 Å². The van der Waals surface area contributed by atoms with E-state index in [1.807, 2.05) is 0 Å². The summed E-state index contributed by atoms with van der Waals surface area (Å²) in [4.78, 5) is 23.9. The van der Waals surface area contributed by atoms with Crippen LogP contribution in [0, 0.1) is 0 Å². The molecule has 0 radical (unpaired) electrons. The maximum Gasteiger partial charge on any atom is 0.172 e. The van der Waals surface area contributed by atoms with Crippen molar-refractivity contribution in [3.63, 3.8) is 0 Å². The standard InChI is InChI=1S/C14H14O4/c1-17-13-11-7(3-5-9(11)15)8-4-6-10(16)12(8)14(13)18-2/h3-6H2,1-2H3. The number of carbonyl (C=O) groups excluding carboxylic acids is 2. The molecule has 0 unspecified atom stereocenters. The predicted octanol–water partition coefficient (Wildman–Crippen LogP) is 1.96. The lowest BCUT2D eigenvalue weighted by molar-refractivity contribution is 0.0979. The quantitative estimate of drug-likeness (QED) is 0.800. The molecule has 0 N–H and O–H groups in total. The average Bonchev–Trinajstić information content (AvgIpc) is 2.93. The van der Waals surface area contributed by atoms with Gasteiger partial charge in [-0.05, 0) is 24.0 Å². The Kier molecular flexibility index (Phi) is 2.40. The van der Waals surface area contributed by atoms with Crippen LogP contribution in [0.5, 0.6) is 11.5 Å². The van der Waals surface area contributed by atoms with Crippen LogP contribution in [0.4, 0.5) is 0 Å². The van der Waals surface area contributed by atoms with Gasteiger partial charge in [0, 0.05) is 12.8 Å². The first-order chi connectivity index (χ1) is 8.69. The molecular formula is C14H14O4. The summed E-state index contributed by atoms with van der Waals surface area (Å²) in [6, 6.07) is 0. The largest absolute Gasteiger partial charge is 0.492 e. The van der Waals surface area contributed by atoms with Crippen molar-refractivity contribution in [1.29, 1.82) is 0 Å². The molecule has 0 amide bonds. The summed E-state index contributed by atoms with van der Waals surface area (Å²) in [5.41, 5.74) is 3.25. The Morgan fingerprint density at radius 1 is 0.722 bits per heavy atom. The zero-order chi connectivity index (χ0) is 12.9. The Bertz CT molecular complexity index is 521. The fraction of sp³-hybridized carbons (Fsp3) is 0.429. The van der Waals surface area contributed by atoms with Crippen molar-refractivity contribution in [1.82, 2.24) is 0 Å². The molecule has 94 valence electrons. The van der Waals surface area contributed by atoms with Gasteiger partial charge in [0.2, 0.25) is 0 Å². The maximum atomic E-state index is 12.0. The molecular weight excluding hydrogens is 232 g/mol. The fourth-order valence-electron chi connectivity index (χ4n) is 3.06. The number of hydrogen-bond donors (Lipinski definition) is 0. The summed E-state index contributed by atoms with van der Waals surface area (Å²) in [6.45, 7) is 0. The van der Waals surface area contributed by atoms with Crippen LogP contribution in [-0.4, -0.2) is 25.8 Å². The van der Waals surface area contributed by atoms with E-state index in [1.54, 1.807) is 0 Å². The topological polar surface area (TPSA) is 52.6 Å². The third-order valence-corrected chi connectivity index (χ3v) is 3.80. The smallest absolute Gasteiger partial charge is 0.172 e. The summed E-state index contributed by atoms with van der Waals surface area (Å²) in [6.07, 6.45) is 2.42. The monoisotopic (exact) mass is 246 g/mol. The van der Waals surface area contributed by atoms with Crippen LogP contribution in [0.25, 0.3) is 0 Å². The Balaban J connectivity index is 2.40. The fourth-order valence-corrected chi connectivity index (χ4v) is 3.06. The highest BCUT2D eigenvalue weighted by Crippen LogP contribution is 2.46. The third kappa shape index (κ3) is 1.26. The molecule has 0 heterocycles. The van der Waals surface area contributed by atoms with E-state index in [1.165, 1.54) is 14.2 Å². The molecule has 1 aromatic rings. The molecule has 3 rings (SSSR count). The van der Waals surface area contributed by atoms with E-state index < -0.39 is 0 Å². The van der Waals surface area contributed by atoms with Gasteiger partial charge in [0.15, 0.2) is 23.1 Å². The Labute approximate surface area is 105 Å². The summed E-state index contributed by atoms with van der Waals surface area (Å²) >= 11 is 0. The average molecular weight is 246 g/mol. The number of carbonyl (C=O) groups is 2. The minimum atomic E-state index is 0.0855. The summed E-state index contributed by atoms with van der Waals surface area (Å²) in [5, 5.41) is 0. The van der Waals surface area contributed by atoms with Crippen molar-refractivity contribution in [2.24, 2.45) is 0 Å². The van der Waals surface area contributed by atoms with Gasteiger partial charge in [-0.1, -0.05) is 0 Å². The van der Waals surface area contributed by atoms with E-state index in [9.17, 15) is 9.59 Å². The van der Waals surface area contributed by atoms with E-state index in [0.29, 0.717) is 48.3 Å². The van der Waals surface area contributed by atoms with Gasteiger partial charge >= 0.3 is 0 Å². The first kappa shape index (κ1) is 11.3. The molecule has 0 atom stereocenters. The van der Waals surface area contributed by atoms with Crippen molar-refractivity contribution in [3.8, 4) is 11.5 Å². The zero-order valence-corrected chi connectivity index (χ0v) is 10.5. The number of ether oxygens (including phenoxy) is 2. The van der Waals surface area contributed by atoms with Gasteiger partial charge in [-0.15, -0.1) is 0 Å². The molecule has 0 aromatic heterocycles. The molecule has 4 heteroatoms. The Hall–Kier alpha value is -1.84. The summed E-state index contributed by atoms with van der Waals surface area (Å²) < 4.78 is 10.7. The number of methoxy groups -OCH3 is 2. The lowest BCUT2D eigenvalue weighted by Gasteiger charge is -2.16. The number of fused-ring (bicyclic) bond motifs is 3. The molecule has 0 spiro atoms. The van der Waals surface area contributed by atoms with Gasteiger partial charge in [0.1, 0.15) is 0 Å². The third-order valence-electron chi connectivity index (χ3n) is 3.80. The van der Waals surface area contributed by atoms with Crippen molar-refractivity contribution in [3.05, 3.63) is 22.3 Å². The number of benzene rings is 1. The van der Waals surface area contributed by atoms with E-state index in [-0.39, 0.29) is 11.6 Å². The van der Waals surface area contributed by atoms with Gasteiger partial charge < -0.3 is 9.47 Å². The second-order valence-electron chi connectivity index (χ2n) is 4.62. The van der Waals surface area contributed by atoms with E-state index >= 15 is 0 Å². The van der Waals surface area contributed by atoms with E-state index in [4.69, 9.17) is 9.47 Å². The number of rotatable bonds is 2. The Morgan fingerprint density at radius 3 is 1.44 bits per heavy atom. The van der Waals surface area contributed by atoms with Crippen LogP contribution in [0.1, 0.15) is 44.7 Å². The highest BCUT2D eigenvalue weighted by molar-refractivity contribution is 6.10. The molecule has 4 nitrogen and oxygen atoms in total. The first-order valence-corrected chi connectivity index (χ1v) is 6.05. The van der Waals surface area contributed by atoms with Crippen LogP contribution in [0.2, 0.25) is 0 Å². The van der Waals surface area contributed by atoms with Crippen molar-refractivity contribution < 1.29 is 19.1 Å². The van der Waals surface area contributed by atoms with Crippen molar-refractivity contribution in [2.75, 3.05) is 14.2 Å². The summed E-state index contributed by atoms with van der Waals surface area (Å²) in [5.74, 6) is 1.04. The maximum absolute atomic E-state index is 12.0. The van der Waals surface area contributed by atoms with E-state index in [2.05, 4.69) is 0 Å². The number of hydrogen-bond acceptors (Lipinski definition) is 4. The van der Waals surface area contributed by atoms with Crippen molar-refractivity contribution in [2.45, 2.75) is 25.7 Å². The van der Waals surface area contributed by atoms with Crippen molar-refractivity contribution >= 4 is 11.6 Å². The van der Waals surface area contributed by atoms with E-state index in [0.717, 1.165) is 11.1 Å². The van der Waals surface area contributed by atoms with Crippen LogP contribution >= 0.6 is 0 Å². The van der Waals surface area contributed by atoms with Crippen LogP contribution in [-0.2, 0) is 12.8 Å². The highest BCUT2D eigenvalue weighted by Gasteiger charge is 2.37. The van der Waals surface area contributed by atoms with Gasteiger partial charge in [-0.25, -0.2) is 0 Å². The molecule has 18 heavy (non-hydrogen) atoms. The highest BCUT2D eigenvalue weighted by atomic mass is 16.5. The molecule has 2 aliphatic carbocycles.